The van der Waals surface area contributed by atoms with Crippen LogP contribution in [-0.2, 0) is 16.1 Å². The molecule has 0 aliphatic heterocycles. The Hall–Kier alpha value is -2.28. The van der Waals surface area contributed by atoms with Gasteiger partial charge in [-0.3, -0.25) is 9.79 Å². The molecule has 0 aromatic heterocycles. The third-order valence-electron chi connectivity index (χ3n) is 4.11. The molecule has 1 aromatic carbocycles. The number of aliphatic imine (C=N–C) groups is 1. The first-order valence-corrected chi connectivity index (χ1v) is 9.05. The number of benzene rings is 1. The zero-order valence-electron chi connectivity index (χ0n) is 15.9. The van der Waals surface area contributed by atoms with Gasteiger partial charge in [0, 0.05) is 32.8 Å². The summed E-state index contributed by atoms with van der Waals surface area (Å²) in [5.74, 6) is 2.09. The second-order valence-corrected chi connectivity index (χ2v) is 6.49. The molecule has 1 aliphatic carbocycles. The van der Waals surface area contributed by atoms with Crippen LogP contribution in [-0.4, -0.2) is 52.3 Å². The highest BCUT2D eigenvalue weighted by Gasteiger charge is 2.22. The maximum atomic E-state index is 11.7. The molecule has 26 heavy (non-hydrogen) atoms. The minimum Gasteiger partial charge on any atom is -0.493 e. The lowest BCUT2D eigenvalue weighted by atomic mass is 10.1. The predicted molar refractivity (Wildman–Crippen MR) is 102 cm³/mol. The number of amides is 1. The molecule has 0 heterocycles. The van der Waals surface area contributed by atoms with Crippen LogP contribution in [0.4, 0.5) is 0 Å². The highest BCUT2D eigenvalue weighted by molar-refractivity contribution is 5.86. The van der Waals surface area contributed by atoms with Gasteiger partial charge in [-0.15, -0.1) is 0 Å². The van der Waals surface area contributed by atoms with Gasteiger partial charge in [-0.2, -0.15) is 0 Å². The first kappa shape index (κ1) is 20.0. The van der Waals surface area contributed by atoms with Gasteiger partial charge in [0.05, 0.1) is 19.8 Å². The quantitative estimate of drug-likeness (QED) is 0.331. The van der Waals surface area contributed by atoms with Gasteiger partial charge in [0.2, 0.25) is 5.91 Å². The molecule has 1 saturated carbocycles. The summed E-state index contributed by atoms with van der Waals surface area (Å²) < 4.78 is 10.9. The Morgan fingerprint density at radius 1 is 1.27 bits per heavy atom. The topological polar surface area (TPSA) is 84.0 Å². The summed E-state index contributed by atoms with van der Waals surface area (Å²) in [6, 6.07) is 6.20. The lowest BCUT2D eigenvalue weighted by Gasteiger charge is -2.15. The first-order valence-electron chi connectivity index (χ1n) is 9.05. The maximum absolute atomic E-state index is 11.7. The Bertz CT molecular complexity index is 615. The normalized spacial score (nSPS) is 14.0. The van der Waals surface area contributed by atoms with Crippen LogP contribution in [0.2, 0.25) is 0 Å². The van der Waals surface area contributed by atoms with Crippen LogP contribution in [0.3, 0.4) is 0 Å². The summed E-state index contributed by atoms with van der Waals surface area (Å²) in [7, 11) is 3.28. The van der Waals surface area contributed by atoms with E-state index >= 15 is 0 Å². The molecule has 144 valence electrons. The standard InChI is InChI=1S/C19H30N4O3/c1-14-4-7-16(17(10-14)26-13-15-5-6-15)11-22-19(20-2)23-12-18(24)21-8-9-25-3/h4,7,10,15H,5-6,8-9,11-13H2,1-3H3,(H,21,24)(H2,20,22,23). The van der Waals surface area contributed by atoms with Crippen LogP contribution in [0.5, 0.6) is 5.75 Å². The zero-order valence-corrected chi connectivity index (χ0v) is 15.9. The van der Waals surface area contributed by atoms with E-state index in [4.69, 9.17) is 9.47 Å². The SMILES string of the molecule is CN=C(NCC(=O)NCCOC)NCc1ccc(C)cc1OCC1CC1. The van der Waals surface area contributed by atoms with E-state index in [2.05, 4.69) is 46.1 Å². The van der Waals surface area contributed by atoms with Crippen molar-refractivity contribution in [3.05, 3.63) is 29.3 Å². The Morgan fingerprint density at radius 2 is 2.08 bits per heavy atom. The van der Waals surface area contributed by atoms with E-state index in [-0.39, 0.29) is 12.5 Å². The number of rotatable bonds is 10. The van der Waals surface area contributed by atoms with Crippen LogP contribution in [0.15, 0.2) is 23.2 Å². The number of carbonyl (C=O) groups is 1. The maximum Gasteiger partial charge on any atom is 0.239 e. The summed E-state index contributed by atoms with van der Waals surface area (Å²) >= 11 is 0. The van der Waals surface area contributed by atoms with Crippen LogP contribution < -0.4 is 20.7 Å². The fraction of sp³-hybridized carbons (Fsp3) is 0.579. The summed E-state index contributed by atoms with van der Waals surface area (Å²) in [6.45, 7) is 4.56. The van der Waals surface area contributed by atoms with Gasteiger partial charge in [-0.25, -0.2) is 0 Å². The lowest BCUT2D eigenvalue weighted by Crippen LogP contribution is -2.43. The van der Waals surface area contributed by atoms with Crippen molar-refractivity contribution in [3.63, 3.8) is 0 Å². The van der Waals surface area contributed by atoms with E-state index in [0.717, 1.165) is 17.9 Å². The number of aryl methyl sites for hydroxylation is 1. The third kappa shape index (κ3) is 7.31. The molecule has 3 N–H and O–H groups in total. The van der Waals surface area contributed by atoms with E-state index in [0.29, 0.717) is 31.6 Å². The lowest BCUT2D eigenvalue weighted by molar-refractivity contribution is -0.120. The molecule has 0 spiro atoms. The van der Waals surface area contributed by atoms with Crippen molar-refractivity contribution in [2.45, 2.75) is 26.3 Å². The Kier molecular flexibility index (Phi) is 8.21. The average molecular weight is 362 g/mol. The Balaban J connectivity index is 1.80. The molecule has 1 fully saturated rings. The number of nitrogens with one attached hydrogen (secondary N) is 3. The predicted octanol–water partition coefficient (Wildman–Crippen LogP) is 1.21. The molecule has 1 aliphatic rings. The van der Waals surface area contributed by atoms with Gasteiger partial charge < -0.3 is 25.4 Å². The molecular weight excluding hydrogens is 332 g/mol. The van der Waals surface area contributed by atoms with Crippen molar-refractivity contribution in [2.75, 3.05) is 40.5 Å². The van der Waals surface area contributed by atoms with Gasteiger partial charge in [0.1, 0.15) is 5.75 Å². The van der Waals surface area contributed by atoms with Crippen LogP contribution in [0.25, 0.3) is 0 Å². The van der Waals surface area contributed by atoms with E-state index in [1.807, 2.05) is 0 Å². The monoisotopic (exact) mass is 362 g/mol. The van der Waals surface area contributed by atoms with Crippen LogP contribution >= 0.6 is 0 Å². The van der Waals surface area contributed by atoms with Crippen molar-refractivity contribution in [1.29, 1.82) is 0 Å². The number of carbonyl (C=O) groups excluding carboxylic acids is 1. The fourth-order valence-corrected chi connectivity index (χ4v) is 2.35. The molecule has 2 rings (SSSR count). The number of methoxy groups -OCH3 is 1. The van der Waals surface area contributed by atoms with Gasteiger partial charge in [0.25, 0.3) is 0 Å². The van der Waals surface area contributed by atoms with Gasteiger partial charge in [-0.1, -0.05) is 12.1 Å². The fourth-order valence-electron chi connectivity index (χ4n) is 2.35. The molecule has 0 unspecified atom stereocenters. The van der Waals surface area contributed by atoms with Gasteiger partial charge in [-0.05, 0) is 37.3 Å². The third-order valence-corrected chi connectivity index (χ3v) is 4.11. The number of hydrogen-bond donors (Lipinski definition) is 3. The van der Waals surface area contributed by atoms with E-state index < -0.39 is 0 Å². The molecule has 7 heteroatoms. The molecule has 0 atom stereocenters. The number of nitrogens with zero attached hydrogens (tertiary/aromatic N) is 1. The number of hydrogen-bond acceptors (Lipinski definition) is 4. The first-order chi connectivity index (χ1) is 12.6. The Labute approximate surface area is 155 Å². The smallest absolute Gasteiger partial charge is 0.239 e. The largest absolute Gasteiger partial charge is 0.493 e. The van der Waals surface area contributed by atoms with Crippen molar-refractivity contribution >= 4 is 11.9 Å². The van der Waals surface area contributed by atoms with Gasteiger partial charge >= 0.3 is 0 Å². The summed E-state index contributed by atoms with van der Waals surface area (Å²) in [4.78, 5) is 15.9. The Morgan fingerprint density at radius 3 is 2.77 bits per heavy atom. The van der Waals surface area contributed by atoms with E-state index in [9.17, 15) is 4.79 Å². The van der Waals surface area contributed by atoms with Crippen molar-refractivity contribution < 1.29 is 14.3 Å². The molecule has 1 aromatic rings. The highest BCUT2D eigenvalue weighted by atomic mass is 16.5. The number of guanidine groups is 1. The highest BCUT2D eigenvalue weighted by Crippen LogP contribution is 2.30. The van der Waals surface area contributed by atoms with E-state index in [1.54, 1.807) is 14.2 Å². The summed E-state index contributed by atoms with van der Waals surface area (Å²) in [5.41, 5.74) is 2.25. The van der Waals surface area contributed by atoms with Gasteiger partial charge in [0.15, 0.2) is 5.96 Å². The van der Waals surface area contributed by atoms with E-state index in [1.165, 1.54) is 18.4 Å². The molecule has 0 bridgehead atoms. The van der Waals surface area contributed by atoms with Crippen molar-refractivity contribution in [2.24, 2.45) is 10.9 Å². The summed E-state index contributed by atoms with van der Waals surface area (Å²) in [5, 5.41) is 8.98. The molecule has 7 nitrogen and oxygen atoms in total. The minimum absolute atomic E-state index is 0.103. The molecular formula is C19H30N4O3. The van der Waals surface area contributed by atoms with Crippen molar-refractivity contribution in [1.82, 2.24) is 16.0 Å². The molecule has 0 saturated heterocycles. The molecule has 1 amide bonds. The van der Waals surface area contributed by atoms with Crippen molar-refractivity contribution in [3.8, 4) is 5.75 Å². The number of ether oxygens (including phenoxy) is 2. The second kappa shape index (κ2) is 10.7. The molecule has 0 radical (unpaired) electrons. The van der Waals surface area contributed by atoms with Crippen LogP contribution in [0, 0.1) is 12.8 Å². The van der Waals surface area contributed by atoms with Crippen LogP contribution in [0.1, 0.15) is 24.0 Å². The summed E-state index contributed by atoms with van der Waals surface area (Å²) in [6.07, 6.45) is 2.53. The zero-order chi connectivity index (χ0) is 18.8. The second-order valence-electron chi connectivity index (χ2n) is 6.49. The minimum atomic E-state index is -0.103. The average Bonchev–Trinajstić information content (AvgIpc) is 3.46.